The minimum Gasteiger partial charge on any atom is -0.0654 e. The van der Waals surface area contributed by atoms with E-state index in [2.05, 4.69) is 111 Å². The van der Waals surface area contributed by atoms with Gasteiger partial charge in [0.25, 0.3) is 0 Å². The lowest BCUT2D eigenvalue weighted by Crippen LogP contribution is -1.87. The Morgan fingerprint density at radius 2 is 0.738 bits per heavy atom. The molecule has 0 fully saturated rings. The highest BCUT2D eigenvalue weighted by atomic mass is 14.1. The zero-order valence-corrected chi connectivity index (χ0v) is 26.1. The molecule has 0 spiro atoms. The summed E-state index contributed by atoms with van der Waals surface area (Å²) in [5, 5.41) is 8.00. The van der Waals surface area contributed by atoms with E-state index in [0.29, 0.717) is 0 Å². The lowest BCUT2D eigenvalue weighted by molar-refractivity contribution is 0.607. The molecule has 5 aromatic rings. The Hall–Kier alpha value is -3.38. The Balaban J connectivity index is 1.21. The molecule has 0 N–H and O–H groups in total. The molecule has 0 bridgehead atoms. The summed E-state index contributed by atoms with van der Waals surface area (Å²) in [6.07, 6.45) is 23.1. The van der Waals surface area contributed by atoms with Gasteiger partial charge in [-0.25, -0.2) is 0 Å². The van der Waals surface area contributed by atoms with Gasteiger partial charge in [0.05, 0.1) is 0 Å². The van der Waals surface area contributed by atoms with Crippen molar-refractivity contribution in [2.45, 2.75) is 104 Å². The molecule has 42 heavy (non-hydrogen) atoms. The minimum atomic E-state index is 1.19. The van der Waals surface area contributed by atoms with Gasteiger partial charge in [-0.2, -0.15) is 0 Å². The molecule has 0 aliphatic carbocycles. The molecule has 5 aromatic carbocycles. The molecule has 0 aliphatic rings. The van der Waals surface area contributed by atoms with Crippen molar-refractivity contribution >= 4 is 44.5 Å². The normalized spacial score (nSPS) is 11.9. The van der Waals surface area contributed by atoms with E-state index in [4.69, 9.17) is 0 Å². The molecule has 0 nitrogen and oxygen atoms in total. The summed E-state index contributed by atoms with van der Waals surface area (Å²) in [6, 6.07) is 32.5. The zero-order chi connectivity index (χ0) is 29.0. The Morgan fingerprint density at radius 1 is 0.357 bits per heavy atom. The van der Waals surface area contributed by atoms with E-state index in [9.17, 15) is 0 Å². The average Bonchev–Trinajstić information content (AvgIpc) is 3.02. The van der Waals surface area contributed by atoms with Gasteiger partial charge in [-0.15, -0.1) is 0 Å². The summed E-state index contributed by atoms with van der Waals surface area (Å²) in [7, 11) is 0. The topological polar surface area (TPSA) is 0 Å². The lowest BCUT2D eigenvalue weighted by Gasteiger charge is -2.07. The molecular weight excluding hydrogens is 504 g/mol. The van der Waals surface area contributed by atoms with E-state index < -0.39 is 0 Å². The number of benzene rings is 5. The van der Waals surface area contributed by atoms with Gasteiger partial charge in [0.15, 0.2) is 0 Å². The Bertz CT molecular complexity index is 1600. The van der Waals surface area contributed by atoms with Crippen LogP contribution in [-0.2, 0) is 12.8 Å². The lowest BCUT2D eigenvalue weighted by atomic mass is 9.98. The van der Waals surface area contributed by atoms with Gasteiger partial charge in [-0.3, -0.25) is 0 Å². The van der Waals surface area contributed by atoms with Crippen molar-refractivity contribution in [3.63, 3.8) is 0 Å². The predicted octanol–water partition coefficient (Wildman–Crippen LogP) is 13.1. The fraction of sp³-hybridized carbons (Fsp3) is 0.381. The van der Waals surface area contributed by atoms with Gasteiger partial charge < -0.3 is 0 Å². The molecule has 0 atom stereocenters. The fourth-order valence-corrected chi connectivity index (χ4v) is 6.31. The molecule has 0 heteroatoms. The van der Waals surface area contributed by atoms with Crippen molar-refractivity contribution in [3.8, 4) is 0 Å². The summed E-state index contributed by atoms with van der Waals surface area (Å²) in [5.74, 6) is 0. The SMILES string of the molecule is CCCCCCCCc1ccc2cc(C=Cc3ccc4cc5cc(CCCCCCCC)ccc5cc4c3)ccc2c1. The maximum absolute atomic E-state index is 2.41. The second-order valence-electron chi connectivity index (χ2n) is 12.5. The zero-order valence-electron chi connectivity index (χ0n) is 26.1. The monoisotopic (exact) mass is 554 g/mol. The van der Waals surface area contributed by atoms with Crippen LogP contribution in [0.1, 0.15) is 113 Å². The van der Waals surface area contributed by atoms with E-state index in [-0.39, 0.29) is 0 Å². The second kappa shape index (κ2) is 15.7. The van der Waals surface area contributed by atoms with Crippen LogP contribution < -0.4 is 0 Å². The number of unbranched alkanes of at least 4 members (excludes halogenated alkanes) is 10. The Kier molecular flexibility index (Phi) is 11.3. The molecule has 0 saturated heterocycles. The number of aryl methyl sites for hydroxylation is 2. The number of rotatable bonds is 16. The minimum absolute atomic E-state index is 1.19. The van der Waals surface area contributed by atoms with E-state index in [1.54, 1.807) is 0 Å². The average molecular weight is 555 g/mol. The van der Waals surface area contributed by atoms with Crippen molar-refractivity contribution in [2.75, 3.05) is 0 Å². The molecule has 0 aromatic heterocycles. The molecule has 0 saturated carbocycles. The Labute approximate surface area is 254 Å². The second-order valence-corrected chi connectivity index (χ2v) is 12.5. The van der Waals surface area contributed by atoms with Crippen LogP contribution in [0.2, 0.25) is 0 Å². The maximum atomic E-state index is 2.41. The van der Waals surface area contributed by atoms with Crippen molar-refractivity contribution in [3.05, 3.63) is 107 Å². The summed E-state index contributed by atoms with van der Waals surface area (Å²) >= 11 is 0. The van der Waals surface area contributed by atoms with Crippen molar-refractivity contribution in [1.29, 1.82) is 0 Å². The first-order chi connectivity index (χ1) is 20.7. The molecule has 0 heterocycles. The number of fused-ring (bicyclic) bond motifs is 3. The fourth-order valence-electron chi connectivity index (χ4n) is 6.31. The number of hydrogen-bond acceptors (Lipinski definition) is 0. The smallest absolute Gasteiger partial charge is 0.0172 e. The van der Waals surface area contributed by atoms with Gasteiger partial charge in [-0.05, 0) is 105 Å². The van der Waals surface area contributed by atoms with Gasteiger partial charge in [0.2, 0.25) is 0 Å². The van der Waals surface area contributed by atoms with Crippen LogP contribution in [0, 0.1) is 0 Å². The van der Waals surface area contributed by atoms with Crippen molar-refractivity contribution < 1.29 is 0 Å². The first-order valence-electron chi connectivity index (χ1n) is 16.9. The van der Waals surface area contributed by atoms with Gasteiger partial charge in [0.1, 0.15) is 0 Å². The van der Waals surface area contributed by atoms with E-state index in [1.807, 2.05) is 0 Å². The third kappa shape index (κ3) is 8.57. The van der Waals surface area contributed by atoms with Crippen LogP contribution in [0.5, 0.6) is 0 Å². The van der Waals surface area contributed by atoms with E-state index in [1.165, 1.54) is 144 Å². The third-order valence-electron chi connectivity index (χ3n) is 8.92. The van der Waals surface area contributed by atoms with Crippen molar-refractivity contribution in [2.24, 2.45) is 0 Å². The highest BCUT2D eigenvalue weighted by molar-refractivity contribution is 5.99. The van der Waals surface area contributed by atoms with Crippen LogP contribution in [0.3, 0.4) is 0 Å². The van der Waals surface area contributed by atoms with Crippen molar-refractivity contribution in [1.82, 2.24) is 0 Å². The van der Waals surface area contributed by atoms with Gasteiger partial charge >= 0.3 is 0 Å². The largest absolute Gasteiger partial charge is 0.0654 e. The highest BCUT2D eigenvalue weighted by Crippen LogP contribution is 2.27. The Morgan fingerprint density at radius 3 is 1.29 bits per heavy atom. The van der Waals surface area contributed by atoms with Gasteiger partial charge in [0, 0.05) is 0 Å². The summed E-state index contributed by atoms with van der Waals surface area (Å²) in [6.45, 7) is 4.57. The summed E-state index contributed by atoms with van der Waals surface area (Å²) in [4.78, 5) is 0. The summed E-state index contributed by atoms with van der Waals surface area (Å²) in [5.41, 5.74) is 5.44. The molecule has 0 unspecified atom stereocenters. The molecule has 5 rings (SSSR count). The van der Waals surface area contributed by atoms with Crippen LogP contribution in [-0.4, -0.2) is 0 Å². The maximum Gasteiger partial charge on any atom is -0.0172 e. The standard InChI is InChI=1S/C42H50/c1-3-5-7-9-11-13-15-33-19-23-38-28-35(21-24-37(38)27-33)17-18-36-22-26-40-31-41-29-34(16-14-12-10-8-6-4-2)20-25-39(41)32-42(40)30-36/h17-32H,3-16H2,1-2H3. The van der Waals surface area contributed by atoms with Gasteiger partial charge in [-0.1, -0.05) is 151 Å². The molecular formula is C42H50. The van der Waals surface area contributed by atoms with E-state index >= 15 is 0 Å². The highest BCUT2D eigenvalue weighted by Gasteiger charge is 2.03. The van der Waals surface area contributed by atoms with Crippen LogP contribution in [0.15, 0.2) is 84.9 Å². The molecule has 0 aliphatic heterocycles. The quantitative estimate of drug-likeness (QED) is 0.0646. The summed E-state index contributed by atoms with van der Waals surface area (Å²) < 4.78 is 0. The first kappa shape index (κ1) is 30.1. The molecule has 218 valence electrons. The van der Waals surface area contributed by atoms with Crippen LogP contribution >= 0.6 is 0 Å². The first-order valence-corrected chi connectivity index (χ1v) is 16.9. The predicted molar refractivity (Wildman–Crippen MR) is 188 cm³/mol. The molecule has 0 amide bonds. The third-order valence-corrected chi connectivity index (χ3v) is 8.92. The molecule has 0 radical (unpaired) electrons. The van der Waals surface area contributed by atoms with Crippen LogP contribution in [0.4, 0.5) is 0 Å². The van der Waals surface area contributed by atoms with Crippen LogP contribution in [0.25, 0.3) is 44.5 Å². The van der Waals surface area contributed by atoms with E-state index in [0.717, 1.165) is 0 Å². The number of hydrogen-bond donors (Lipinski definition) is 0.